The van der Waals surface area contributed by atoms with Gasteiger partial charge in [-0.3, -0.25) is 9.59 Å². The number of benzene rings is 1. The van der Waals surface area contributed by atoms with E-state index in [2.05, 4.69) is 0 Å². The summed E-state index contributed by atoms with van der Waals surface area (Å²) in [5, 5.41) is 9.43. The number of nitrogens with zero attached hydrogens (tertiary/aromatic N) is 1. The van der Waals surface area contributed by atoms with Gasteiger partial charge in [0.15, 0.2) is 11.6 Å². The van der Waals surface area contributed by atoms with Gasteiger partial charge in [-0.1, -0.05) is 0 Å². The van der Waals surface area contributed by atoms with Crippen LogP contribution in [0.4, 0.5) is 27.6 Å². The Bertz CT molecular complexity index is 1070. The molecule has 1 aliphatic rings. The number of hydrogen-bond donors (Lipinski definition) is 2. The van der Waals surface area contributed by atoms with Crippen LogP contribution in [0, 0.1) is 11.6 Å². The van der Waals surface area contributed by atoms with Crippen molar-refractivity contribution in [1.82, 2.24) is 4.57 Å². The molecule has 1 aromatic carbocycles. The highest BCUT2D eigenvalue weighted by Crippen LogP contribution is 2.43. The van der Waals surface area contributed by atoms with Gasteiger partial charge in [-0.15, -0.1) is 0 Å². The number of aromatic carboxylic acids is 1. The van der Waals surface area contributed by atoms with Crippen molar-refractivity contribution in [2.75, 3.05) is 12.4 Å². The summed E-state index contributed by atoms with van der Waals surface area (Å²) in [6, 6.07) is -0.397. The third-order valence-electron chi connectivity index (χ3n) is 4.18. The summed E-state index contributed by atoms with van der Waals surface area (Å²) in [7, 11) is 0.943. The SMILES string of the molecule is COc1c(F)c(F)c(NC(=O)C(F)(F)F)c2c(=O)c(C(=O)O)cn(C3CC3)c12. The minimum Gasteiger partial charge on any atom is -0.491 e. The molecule has 0 atom stereocenters. The number of methoxy groups -OCH3 is 1. The predicted molar refractivity (Wildman–Crippen MR) is 84.6 cm³/mol. The summed E-state index contributed by atoms with van der Waals surface area (Å²) < 4.78 is 72.6. The first kappa shape index (κ1) is 19.6. The van der Waals surface area contributed by atoms with Crippen molar-refractivity contribution in [1.29, 1.82) is 0 Å². The minimum absolute atomic E-state index is 0.397. The summed E-state index contributed by atoms with van der Waals surface area (Å²) in [6.45, 7) is 0. The van der Waals surface area contributed by atoms with Crippen LogP contribution in [0.25, 0.3) is 10.9 Å². The molecule has 1 heterocycles. The Morgan fingerprint density at radius 3 is 2.32 bits per heavy atom. The van der Waals surface area contributed by atoms with E-state index in [1.807, 2.05) is 0 Å². The monoisotopic (exact) mass is 406 g/mol. The van der Waals surface area contributed by atoms with Crippen LogP contribution in [0.15, 0.2) is 11.0 Å². The number of alkyl halides is 3. The van der Waals surface area contributed by atoms with Gasteiger partial charge in [-0.2, -0.15) is 17.6 Å². The maximum Gasteiger partial charge on any atom is 0.471 e. The number of anilines is 1. The molecule has 0 spiro atoms. The Kier molecular flexibility index (Phi) is 4.52. The number of ether oxygens (including phenoxy) is 1. The van der Waals surface area contributed by atoms with Crippen molar-refractivity contribution < 1.29 is 41.4 Å². The van der Waals surface area contributed by atoms with E-state index in [1.165, 1.54) is 0 Å². The van der Waals surface area contributed by atoms with Crippen molar-refractivity contribution in [2.24, 2.45) is 0 Å². The molecule has 1 aliphatic carbocycles. The van der Waals surface area contributed by atoms with Crippen molar-refractivity contribution in [3.05, 3.63) is 33.6 Å². The normalized spacial score (nSPS) is 14.2. The molecule has 0 saturated heterocycles. The Balaban J connectivity index is 2.49. The average molecular weight is 406 g/mol. The molecule has 0 aliphatic heterocycles. The van der Waals surface area contributed by atoms with Crippen molar-refractivity contribution in [2.45, 2.75) is 25.1 Å². The van der Waals surface area contributed by atoms with Crippen LogP contribution < -0.4 is 15.5 Å². The van der Waals surface area contributed by atoms with Crippen LogP contribution >= 0.6 is 0 Å². The number of nitrogens with one attached hydrogen (secondary N) is 1. The second-order valence-corrected chi connectivity index (χ2v) is 6.03. The van der Waals surface area contributed by atoms with E-state index in [1.54, 1.807) is 0 Å². The van der Waals surface area contributed by atoms with Gasteiger partial charge in [-0.25, -0.2) is 9.18 Å². The molecule has 1 saturated carbocycles. The van der Waals surface area contributed by atoms with Crippen molar-refractivity contribution in [3.63, 3.8) is 0 Å². The van der Waals surface area contributed by atoms with Crippen LogP contribution in [0.3, 0.4) is 0 Å². The molecule has 150 valence electrons. The van der Waals surface area contributed by atoms with E-state index in [0.29, 0.717) is 12.8 Å². The molecule has 0 radical (unpaired) electrons. The minimum atomic E-state index is -5.46. The number of aromatic nitrogens is 1. The maximum atomic E-state index is 14.5. The molecule has 0 unspecified atom stereocenters. The van der Waals surface area contributed by atoms with Gasteiger partial charge in [0, 0.05) is 12.2 Å². The highest BCUT2D eigenvalue weighted by molar-refractivity contribution is 6.06. The highest BCUT2D eigenvalue weighted by atomic mass is 19.4. The number of amides is 1. The lowest BCUT2D eigenvalue weighted by molar-refractivity contribution is -0.167. The molecule has 1 fully saturated rings. The van der Waals surface area contributed by atoms with E-state index in [0.717, 1.165) is 23.2 Å². The summed E-state index contributed by atoms with van der Waals surface area (Å²) in [4.78, 5) is 35.2. The summed E-state index contributed by atoms with van der Waals surface area (Å²) in [5.74, 6) is -8.89. The van der Waals surface area contributed by atoms with Gasteiger partial charge in [0.05, 0.1) is 18.2 Å². The summed E-state index contributed by atoms with van der Waals surface area (Å²) >= 11 is 0. The molecule has 0 bridgehead atoms. The maximum absolute atomic E-state index is 14.5. The number of fused-ring (bicyclic) bond motifs is 1. The zero-order valence-electron chi connectivity index (χ0n) is 14.0. The van der Waals surface area contributed by atoms with Gasteiger partial charge < -0.3 is 19.7 Å². The molecule has 7 nitrogen and oxygen atoms in total. The summed E-state index contributed by atoms with van der Waals surface area (Å²) in [5.41, 5.74) is -4.13. The zero-order valence-corrected chi connectivity index (χ0v) is 14.0. The number of carboxylic acids is 1. The fourth-order valence-electron chi connectivity index (χ4n) is 2.80. The zero-order chi connectivity index (χ0) is 21.0. The topological polar surface area (TPSA) is 97.6 Å². The van der Waals surface area contributed by atoms with Gasteiger partial charge in [0.2, 0.25) is 11.2 Å². The number of carboxylic acid groups (broad SMARTS) is 1. The third kappa shape index (κ3) is 3.04. The van der Waals surface area contributed by atoms with Gasteiger partial charge in [0.1, 0.15) is 11.1 Å². The lowest BCUT2D eigenvalue weighted by atomic mass is 10.1. The van der Waals surface area contributed by atoms with Crippen LogP contribution in [0.2, 0.25) is 0 Å². The molecule has 2 aromatic rings. The van der Waals surface area contributed by atoms with E-state index in [4.69, 9.17) is 4.74 Å². The molecule has 12 heteroatoms. The fourth-order valence-corrected chi connectivity index (χ4v) is 2.80. The van der Waals surface area contributed by atoms with E-state index < -0.39 is 69.1 Å². The van der Waals surface area contributed by atoms with Gasteiger partial charge >= 0.3 is 18.1 Å². The van der Waals surface area contributed by atoms with Crippen LogP contribution in [-0.2, 0) is 4.79 Å². The first-order chi connectivity index (χ1) is 13.0. The number of pyridine rings is 1. The molecule has 28 heavy (non-hydrogen) atoms. The molecule has 1 aromatic heterocycles. The van der Waals surface area contributed by atoms with E-state index >= 15 is 0 Å². The molecule has 2 N–H and O–H groups in total. The molecular formula is C16H11F5N2O5. The fraction of sp³-hybridized carbons (Fsp3) is 0.312. The number of halogens is 5. The quantitative estimate of drug-likeness (QED) is 0.762. The lowest BCUT2D eigenvalue weighted by Gasteiger charge is -2.19. The molecule has 1 amide bonds. The summed E-state index contributed by atoms with van der Waals surface area (Å²) in [6.07, 6.45) is -3.57. The van der Waals surface area contributed by atoms with Gasteiger partial charge in [0.25, 0.3) is 0 Å². The van der Waals surface area contributed by atoms with Crippen molar-refractivity contribution >= 4 is 28.5 Å². The molecule has 3 rings (SSSR count). The number of rotatable bonds is 4. The van der Waals surface area contributed by atoms with Crippen LogP contribution in [0.5, 0.6) is 5.75 Å². The standard InChI is InChI=1S/C16H11F5N2O5/c1-28-13-9(18)8(17)10(22-15(27)16(19,20)21)7-11(13)23(5-2-3-5)4-6(12(7)24)14(25)26/h4-5H,2-3H2,1H3,(H,22,27)(H,25,26). The average Bonchev–Trinajstić information content (AvgIpc) is 3.43. The first-order valence-electron chi connectivity index (χ1n) is 7.74. The lowest BCUT2D eigenvalue weighted by Crippen LogP contribution is -2.31. The third-order valence-corrected chi connectivity index (χ3v) is 4.18. The van der Waals surface area contributed by atoms with Crippen LogP contribution in [0.1, 0.15) is 29.2 Å². The van der Waals surface area contributed by atoms with Gasteiger partial charge in [-0.05, 0) is 12.8 Å². The van der Waals surface area contributed by atoms with Crippen LogP contribution in [-0.4, -0.2) is 34.8 Å². The number of hydrogen-bond acceptors (Lipinski definition) is 4. The Labute approximate surface area is 152 Å². The smallest absolute Gasteiger partial charge is 0.471 e. The second-order valence-electron chi connectivity index (χ2n) is 6.03. The highest BCUT2D eigenvalue weighted by Gasteiger charge is 2.41. The second kappa shape index (κ2) is 6.46. The number of carbonyl (C=O) groups is 2. The Morgan fingerprint density at radius 2 is 1.86 bits per heavy atom. The van der Waals surface area contributed by atoms with Crippen molar-refractivity contribution in [3.8, 4) is 5.75 Å². The Morgan fingerprint density at radius 1 is 1.25 bits per heavy atom. The van der Waals surface area contributed by atoms with E-state index in [-0.39, 0.29) is 0 Å². The first-order valence-corrected chi connectivity index (χ1v) is 7.74. The largest absolute Gasteiger partial charge is 0.491 e. The predicted octanol–water partition coefficient (Wildman–Crippen LogP) is 2.82. The van der Waals surface area contributed by atoms with E-state index in [9.17, 15) is 41.4 Å². The Hall–Kier alpha value is -3.18. The molecular weight excluding hydrogens is 395 g/mol. The number of carbonyl (C=O) groups excluding carboxylic acids is 1.